The first-order valence-electron chi connectivity index (χ1n) is 8.41. The number of benzene rings is 2. The molecule has 0 aliphatic heterocycles. The van der Waals surface area contributed by atoms with Crippen molar-refractivity contribution in [3.63, 3.8) is 0 Å². The van der Waals surface area contributed by atoms with Crippen molar-refractivity contribution in [1.29, 1.82) is 0 Å². The Hall–Kier alpha value is -2.80. The molecule has 1 N–H and O–H groups in total. The van der Waals surface area contributed by atoms with Crippen LogP contribution in [-0.4, -0.2) is 29.9 Å². The molecule has 0 aliphatic rings. The van der Waals surface area contributed by atoms with Crippen LogP contribution in [0.2, 0.25) is 0 Å². The SMILES string of the molecule is COc1cccc(CCC(=O)Nc2ccccc2-n2cc(Br)cn2)c1OC. The first kappa shape index (κ1) is 19.0. The second-order valence-corrected chi connectivity index (χ2v) is 6.74. The Morgan fingerprint density at radius 2 is 1.96 bits per heavy atom. The highest BCUT2D eigenvalue weighted by Gasteiger charge is 2.13. The van der Waals surface area contributed by atoms with Crippen molar-refractivity contribution in [2.45, 2.75) is 12.8 Å². The average Bonchev–Trinajstić information content (AvgIpc) is 3.12. The van der Waals surface area contributed by atoms with Gasteiger partial charge < -0.3 is 14.8 Å². The van der Waals surface area contributed by atoms with E-state index in [0.29, 0.717) is 30.0 Å². The number of anilines is 1. The lowest BCUT2D eigenvalue weighted by Crippen LogP contribution is -2.14. The highest BCUT2D eigenvalue weighted by Crippen LogP contribution is 2.31. The normalized spacial score (nSPS) is 10.5. The Bertz CT molecular complexity index is 940. The lowest BCUT2D eigenvalue weighted by Gasteiger charge is -2.13. The predicted octanol–water partition coefficient (Wildman–Crippen LogP) is 4.22. The van der Waals surface area contributed by atoms with Crippen LogP contribution < -0.4 is 14.8 Å². The molecule has 3 aromatic rings. The highest BCUT2D eigenvalue weighted by atomic mass is 79.9. The predicted molar refractivity (Wildman–Crippen MR) is 108 cm³/mol. The molecule has 0 unspecified atom stereocenters. The zero-order chi connectivity index (χ0) is 19.2. The maximum atomic E-state index is 12.5. The van der Waals surface area contributed by atoms with Gasteiger partial charge in [-0.1, -0.05) is 24.3 Å². The number of hydrogen-bond acceptors (Lipinski definition) is 4. The molecule has 0 spiro atoms. The zero-order valence-electron chi connectivity index (χ0n) is 15.1. The number of ether oxygens (including phenoxy) is 2. The molecule has 7 heteroatoms. The molecule has 0 aliphatic carbocycles. The third-order valence-corrected chi connectivity index (χ3v) is 4.49. The van der Waals surface area contributed by atoms with Crippen molar-refractivity contribution >= 4 is 27.5 Å². The standard InChI is InChI=1S/C20H20BrN3O3/c1-26-18-9-5-6-14(20(18)27-2)10-11-19(25)23-16-7-3-4-8-17(16)24-13-15(21)12-22-24/h3-9,12-13H,10-11H2,1-2H3,(H,23,25). The third-order valence-electron chi connectivity index (χ3n) is 4.08. The quantitative estimate of drug-likeness (QED) is 0.610. The Balaban J connectivity index is 1.71. The van der Waals surface area contributed by atoms with E-state index in [1.54, 1.807) is 25.1 Å². The van der Waals surface area contributed by atoms with Crippen LogP contribution in [0.15, 0.2) is 59.3 Å². The number of nitrogens with one attached hydrogen (secondary N) is 1. The number of amides is 1. The van der Waals surface area contributed by atoms with Crippen LogP contribution in [0.3, 0.4) is 0 Å². The summed E-state index contributed by atoms with van der Waals surface area (Å²) in [5.41, 5.74) is 2.43. The molecule has 1 amide bonds. The summed E-state index contributed by atoms with van der Waals surface area (Å²) in [5, 5.41) is 7.24. The molecule has 0 fully saturated rings. The van der Waals surface area contributed by atoms with Crippen LogP contribution in [0.1, 0.15) is 12.0 Å². The molecule has 0 bridgehead atoms. The number of nitrogens with zero attached hydrogens (tertiary/aromatic N) is 2. The van der Waals surface area contributed by atoms with Gasteiger partial charge in [0.25, 0.3) is 0 Å². The topological polar surface area (TPSA) is 65.4 Å². The molecule has 3 rings (SSSR count). The molecule has 0 saturated carbocycles. The van der Waals surface area contributed by atoms with E-state index in [4.69, 9.17) is 9.47 Å². The fourth-order valence-corrected chi connectivity index (χ4v) is 3.11. The number of methoxy groups -OCH3 is 2. The summed E-state index contributed by atoms with van der Waals surface area (Å²) >= 11 is 3.39. The molecule has 1 heterocycles. The van der Waals surface area contributed by atoms with Crippen molar-refractivity contribution < 1.29 is 14.3 Å². The minimum atomic E-state index is -0.0847. The lowest BCUT2D eigenvalue weighted by atomic mass is 10.1. The van der Waals surface area contributed by atoms with Crippen LogP contribution in [0.25, 0.3) is 5.69 Å². The fraction of sp³-hybridized carbons (Fsp3) is 0.200. The van der Waals surface area contributed by atoms with E-state index in [-0.39, 0.29) is 5.91 Å². The Labute approximate surface area is 166 Å². The minimum absolute atomic E-state index is 0.0847. The van der Waals surface area contributed by atoms with E-state index in [0.717, 1.165) is 15.7 Å². The average molecular weight is 430 g/mol. The molecular weight excluding hydrogens is 410 g/mol. The third kappa shape index (κ3) is 4.49. The van der Waals surface area contributed by atoms with Gasteiger partial charge in [0.1, 0.15) is 0 Å². The summed E-state index contributed by atoms with van der Waals surface area (Å²) in [6.07, 6.45) is 4.40. The van der Waals surface area contributed by atoms with Gasteiger partial charge in [-0.25, -0.2) is 4.68 Å². The lowest BCUT2D eigenvalue weighted by molar-refractivity contribution is -0.116. The highest BCUT2D eigenvalue weighted by molar-refractivity contribution is 9.10. The van der Waals surface area contributed by atoms with Gasteiger partial charge in [0, 0.05) is 12.6 Å². The first-order valence-corrected chi connectivity index (χ1v) is 9.21. The monoisotopic (exact) mass is 429 g/mol. The number of aryl methyl sites for hydroxylation is 1. The second kappa shape index (κ2) is 8.73. The van der Waals surface area contributed by atoms with Crippen molar-refractivity contribution in [3.8, 4) is 17.2 Å². The van der Waals surface area contributed by atoms with Crippen LogP contribution in [0.5, 0.6) is 11.5 Å². The van der Waals surface area contributed by atoms with Gasteiger partial charge in [-0.05, 0) is 46.1 Å². The number of carbonyl (C=O) groups is 1. The molecule has 2 aromatic carbocycles. The van der Waals surface area contributed by atoms with Crippen molar-refractivity contribution in [1.82, 2.24) is 9.78 Å². The number of para-hydroxylation sites is 3. The number of hydrogen-bond donors (Lipinski definition) is 1. The van der Waals surface area contributed by atoms with E-state index >= 15 is 0 Å². The van der Waals surface area contributed by atoms with Crippen molar-refractivity contribution in [2.75, 3.05) is 19.5 Å². The molecule has 0 saturated heterocycles. The molecule has 27 heavy (non-hydrogen) atoms. The van der Waals surface area contributed by atoms with Crippen LogP contribution in [0, 0.1) is 0 Å². The summed E-state index contributed by atoms with van der Waals surface area (Å²) in [6, 6.07) is 13.2. The Morgan fingerprint density at radius 3 is 2.67 bits per heavy atom. The largest absolute Gasteiger partial charge is 0.493 e. The Morgan fingerprint density at radius 1 is 1.15 bits per heavy atom. The summed E-state index contributed by atoms with van der Waals surface area (Å²) in [5.74, 6) is 1.23. The Kier molecular flexibility index (Phi) is 6.13. The summed E-state index contributed by atoms with van der Waals surface area (Å²) in [6.45, 7) is 0. The van der Waals surface area contributed by atoms with Gasteiger partial charge >= 0.3 is 0 Å². The van der Waals surface area contributed by atoms with Gasteiger partial charge in [0.2, 0.25) is 5.91 Å². The van der Waals surface area contributed by atoms with Gasteiger partial charge in [0.05, 0.1) is 36.3 Å². The zero-order valence-corrected chi connectivity index (χ0v) is 16.7. The van der Waals surface area contributed by atoms with E-state index in [1.807, 2.05) is 48.7 Å². The van der Waals surface area contributed by atoms with Crippen LogP contribution in [0.4, 0.5) is 5.69 Å². The van der Waals surface area contributed by atoms with Gasteiger partial charge in [-0.15, -0.1) is 0 Å². The fourth-order valence-electron chi connectivity index (χ4n) is 2.82. The van der Waals surface area contributed by atoms with E-state index < -0.39 is 0 Å². The molecule has 6 nitrogen and oxygen atoms in total. The van der Waals surface area contributed by atoms with Crippen molar-refractivity contribution in [2.24, 2.45) is 0 Å². The minimum Gasteiger partial charge on any atom is -0.493 e. The van der Waals surface area contributed by atoms with Crippen molar-refractivity contribution in [3.05, 3.63) is 64.9 Å². The van der Waals surface area contributed by atoms with Gasteiger partial charge in [-0.3, -0.25) is 4.79 Å². The van der Waals surface area contributed by atoms with Gasteiger partial charge in [-0.2, -0.15) is 5.10 Å². The van der Waals surface area contributed by atoms with E-state index in [9.17, 15) is 4.79 Å². The first-order chi connectivity index (χ1) is 13.1. The van der Waals surface area contributed by atoms with Gasteiger partial charge in [0.15, 0.2) is 11.5 Å². The molecule has 140 valence electrons. The number of aromatic nitrogens is 2. The smallest absolute Gasteiger partial charge is 0.224 e. The molecular formula is C20H20BrN3O3. The number of halogens is 1. The maximum Gasteiger partial charge on any atom is 0.224 e. The summed E-state index contributed by atoms with van der Waals surface area (Å²) in [4.78, 5) is 12.5. The maximum absolute atomic E-state index is 12.5. The summed E-state index contributed by atoms with van der Waals surface area (Å²) < 4.78 is 13.3. The van der Waals surface area contributed by atoms with E-state index in [2.05, 4.69) is 26.3 Å². The molecule has 1 aromatic heterocycles. The number of rotatable bonds is 7. The molecule has 0 atom stereocenters. The van der Waals surface area contributed by atoms with Crippen LogP contribution >= 0.6 is 15.9 Å². The molecule has 0 radical (unpaired) electrons. The number of carbonyl (C=O) groups excluding carboxylic acids is 1. The van der Waals surface area contributed by atoms with Crippen LogP contribution in [-0.2, 0) is 11.2 Å². The second-order valence-electron chi connectivity index (χ2n) is 5.82. The van der Waals surface area contributed by atoms with E-state index in [1.165, 1.54) is 0 Å². The summed E-state index contributed by atoms with van der Waals surface area (Å²) in [7, 11) is 3.19.